The molecule has 4 rings (SSSR count). The van der Waals surface area contributed by atoms with E-state index in [4.69, 9.17) is 9.47 Å². The highest BCUT2D eigenvalue weighted by molar-refractivity contribution is 5.69. The van der Waals surface area contributed by atoms with Crippen LogP contribution >= 0.6 is 0 Å². The lowest BCUT2D eigenvalue weighted by Crippen LogP contribution is -2.78. The zero-order chi connectivity index (χ0) is 24.5. The quantitative estimate of drug-likeness (QED) is 0.474. The second kappa shape index (κ2) is 8.99. The van der Waals surface area contributed by atoms with Crippen molar-refractivity contribution >= 4 is 11.9 Å². The van der Waals surface area contributed by atoms with Crippen LogP contribution in [0.1, 0.15) is 43.5 Å². The molecule has 3 aromatic carbocycles. The first-order valence-corrected chi connectivity index (χ1v) is 10.9. The lowest BCUT2D eigenvalue weighted by Gasteiger charge is -2.64. The molecule has 34 heavy (non-hydrogen) atoms. The summed E-state index contributed by atoms with van der Waals surface area (Å²) >= 11 is 0. The molecule has 0 saturated carbocycles. The Morgan fingerprint density at radius 2 is 1.29 bits per heavy atom. The van der Waals surface area contributed by atoms with E-state index in [2.05, 4.69) is 0 Å². The maximum absolute atomic E-state index is 14.4. The second-order valence-electron chi connectivity index (χ2n) is 8.57. The summed E-state index contributed by atoms with van der Waals surface area (Å²) < 4.78 is 40.4. The third-order valence-electron chi connectivity index (χ3n) is 6.05. The zero-order valence-electron chi connectivity index (χ0n) is 19.1. The van der Waals surface area contributed by atoms with Gasteiger partial charge in [0, 0.05) is 32.0 Å². The Morgan fingerprint density at radius 1 is 0.824 bits per heavy atom. The van der Waals surface area contributed by atoms with Gasteiger partial charge in [0.1, 0.15) is 11.6 Å². The van der Waals surface area contributed by atoms with Gasteiger partial charge in [0.15, 0.2) is 5.60 Å². The number of rotatable bonds is 6. The summed E-state index contributed by atoms with van der Waals surface area (Å²) in [6.07, 6.45) is 0. The first-order chi connectivity index (χ1) is 16.2. The SMILES string of the molecule is CC(=O)OC1(C)CN(C(c2ccccc2)c2ccccc2)C1(OC(C)=O)c1cc(F)cc(F)c1. The predicted octanol–water partition coefficient (Wildman–Crippen LogP) is 5.11. The Kier molecular flexibility index (Phi) is 6.23. The van der Waals surface area contributed by atoms with Gasteiger partial charge >= 0.3 is 11.9 Å². The number of ether oxygens (including phenoxy) is 2. The molecule has 0 radical (unpaired) electrons. The molecule has 1 aliphatic rings. The monoisotopic (exact) mass is 465 g/mol. The first kappa shape index (κ1) is 23.6. The van der Waals surface area contributed by atoms with Gasteiger partial charge in [0.05, 0.1) is 6.04 Å². The molecule has 7 heteroatoms. The van der Waals surface area contributed by atoms with Gasteiger partial charge < -0.3 is 9.47 Å². The fourth-order valence-electron chi connectivity index (χ4n) is 4.92. The molecule has 0 N–H and O–H groups in total. The van der Waals surface area contributed by atoms with Crippen molar-refractivity contribution in [1.29, 1.82) is 0 Å². The van der Waals surface area contributed by atoms with E-state index in [9.17, 15) is 18.4 Å². The molecule has 1 heterocycles. The Bertz CT molecular complexity index is 1140. The van der Waals surface area contributed by atoms with Crippen LogP contribution in [0, 0.1) is 11.6 Å². The lowest BCUT2D eigenvalue weighted by molar-refractivity contribution is -0.336. The Morgan fingerprint density at radius 3 is 1.74 bits per heavy atom. The third kappa shape index (κ3) is 4.07. The van der Waals surface area contributed by atoms with Gasteiger partial charge in [-0.1, -0.05) is 60.7 Å². The minimum Gasteiger partial charge on any atom is -0.452 e. The van der Waals surface area contributed by atoms with E-state index in [0.717, 1.165) is 29.3 Å². The van der Waals surface area contributed by atoms with Crippen LogP contribution < -0.4 is 0 Å². The Hall–Kier alpha value is -3.58. The van der Waals surface area contributed by atoms with Crippen molar-refractivity contribution in [2.45, 2.75) is 38.1 Å². The molecule has 2 unspecified atom stereocenters. The normalized spacial score (nSPS) is 22.2. The molecule has 0 amide bonds. The maximum atomic E-state index is 14.4. The zero-order valence-corrected chi connectivity index (χ0v) is 19.1. The number of carbonyl (C=O) groups is 2. The molecular formula is C27H25F2NO4. The van der Waals surface area contributed by atoms with Gasteiger partial charge in [-0.15, -0.1) is 0 Å². The first-order valence-electron chi connectivity index (χ1n) is 10.9. The van der Waals surface area contributed by atoms with Crippen LogP contribution in [0.4, 0.5) is 8.78 Å². The Labute approximate surface area is 196 Å². The van der Waals surface area contributed by atoms with Gasteiger partial charge in [-0.3, -0.25) is 9.59 Å². The van der Waals surface area contributed by atoms with Crippen LogP contribution in [0.5, 0.6) is 0 Å². The van der Waals surface area contributed by atoms with Crippen molar-refractivity contribution < 1.29 is 27.8 Å². The van der Waals surface area contributed by atoms with Crippen LogP contribution in [0.3, 0.4) is 0 Å². The predicted molar refractivity (Wildman–Crippen MR) is 121 cm³/mol. The summed E-state index contributed by atoms with van der Waals surface area (Å²) in [6, 6.07) is 21.4. The van der Waals surface area contributed by atoms with Crippen molar-refractivity contribution in [3.63, 3.8) is 0 Å². The number of benzene rings is 3. The van der Waals surface area contributed by atoms with Crippen LogP contribution in [-0.2, 0) is 24.8 Å². The highest BCUT2D eigenvalue weighted by Gasteiger charge is 2.70. The van der Waals surface area contributed by atoms with Crippen molar-refractivity contribution in [3.05, 3.63) is 107 Å². The smallest absolute Gasteiger partial charge is 0.304 e. The fourth-order valence-corrected chi connectivity index (χ4v) is 4.92. The summed E-state index contributed by atoms with van der Waals surface area (Å²) in [6.45, 7) is 4.20. The average molecular weight is 465 g/mol. The van der Waals surface area contributed by atoms with E-state index in [1.807, 2.05) is 60.7 Å². The molecule has 0 bridgehead atoms. The standard InChI is InChI=1S/C27H25F2NO4/c1-18(31)33-26(3)17-30(25(20-10-6-4-7-11-20)21-12-8-5-9-13-21)27(26,34-19(2)32)22-14-23(28)16-24(29)15-22/h4-16,25H,17H2,1-3H3. The highest BCUT2D eigenvalue weighted by atomic mass is 19.1. The van der Waals surface area contributed by atoms with Gasteiger partial charge in [-0.25, -0.2) is 13.7 Å². The minimum atomic E-state index is -1.79. The number of carbonyl (C=O) groups excluding carboxylic acids is 2. The number of likely N-dealkylation sites (tertiary alicyclic amines) is 1. The number of hydrogen-bond donors (Lipinski definition) is 0. The highest BCUT2D eigenvalue weighted by Crippen LogP contribution is 2.56. The summed E-state index contributed by atoms with van der Waals surface area (Å²) in [5.41, 5.74) is -1.43. The molecule has 5 nitrogen and oxygen atoms in total. The number of hydrogen-bond acceptors (Lipinski definition) is 5. The van der Waals surface area contributed by atoms with Crippen molar-refractivity contribution in [2.75, 3.05) is 6.54 Å². The largest absolute Gasteiger partial charge is 0.452 e. The lowest BCUT2D eigenvalue weighted by atomic mass is 9.72. The van der Waals surface area contributed by atoms with Gasteiger partial charge in [-0.05, 0) is 30.2 Å². The number of esters is 2. The van der Waals surface area contributed by atoms with E-state index in [-0.39, 0.29) is 12.1 Å². The molecular weight excluding hydrogens is 440 g/mol. The summed E-state index contributed by atoms with van der Waals surface area (Å²) in [7, 11) is 0. The number of halogens is 2. The van der Waals surface area contributed by atoms with Crippen LogP contribution in [0.15, 0.2) is 78.9 Å². The third-order valence-corrected chi connectivity index (χ3v) is 6.05. The molecule has 176 valence electrons. The Balaban J connectivity index is 1.99. The summed E-state index contributed by atoms with van der Waals surface area (Å²) in [5, 5.41) is 0. The molecule has 0 aromatic heterocycles. The molecule has 3 aromatic rings. The molecule has 0 spiro atoms. The summed E-state index contributed by atoms with van der Waals surface area (Å²) in [4.78, 5) is 26.3. The van der Waals surface area contributed by atoms with Gasteiger partial charge in [0.25, 0.3) is 0 Å². The van der Waals surface area contributed by atoms with Gasteiger partial charge in [0.2, 0.25) is 5.72 Å². The van der Waals surface area contributed by atoms with E-state index >= 15 is 0 Å². The molecule has 1 fully saturated rings. The number of nitrogens with zero attached hydrogens (tertiary/aromatic N) is 1. The van der Waals surface area contributed by atoms with Crippen LogP contribution in [-0.4, -0.2) is 29.0 Å². The van der Waals surface area contributed by atoms with Crippen molar-refractivity contribution in [1.82, 2.24) is 4.90 Å². The fraction of sp³-hybridized carbons (Fsp3) is 0.259. The maximum Gasteiger partial charge on any atom is 0.304 e. The van der Waals surface area contributed by atoms with Crippen LogP contribution in [0.25, 0.3) is 0 Å². The van der Waals surface area contributed by atoms with E-state index < -0.39 is 40.9 Å². The average Bonchev–Trinajstić information content (AvgIpc) is 2.77. The molecule has 1 saturated heterocycles. The minimum absolute atomic E-state index is 0.0343. The van der Waals surface area contributed by atoms with E-state index in [1.54, 1.807) is 11.8 Å². The molecule has 1 aliphatic heterocycles. The molecule has 2 atom stereocenters. The molecule has 0 aliphatic carbocycles. The van der Waals surface area contributed by atoms with Gasteiger partial charge in [-0.2, -0.15) is 0 Å². The van der Waals surface area contributed by atoms with Crippen molar-refractivity contribution in [3.8, 4) is 0 Å². The second-order valence-corrected chi connectivity index (χ2v) is 8.57. The summed E-state index contributed by atoms with van der Waals surface area (Å²) in [5.74, 6) is -2.97. The van der Waals surface area contributed by atoms with Crippen LogP contribution in [0.2, 0.25) is 0 Å². The topological polar surface area (TPSA) is 55.8 Å². The van der Waals surface area contributed by atoms with Crippen molar-refractivity contribution in [2.24, 2.45) is 0 Å². The van der Waals surface area contributed by atoms with E-state index in [0.29, 0.717) is 0 Å². The van der Waals surface area contributed by atoms with E-state index in [1.165, 1.54) is 13.8 Å².